The van der Waals surface area contributed by atoms with Crippen LogP contribution in [0.2, 0.25) is 0 Å². The molecule has 1 heterocycles. The van der Waals surface area contributed by atoms with Gasteiger partial charge in [0.25, 0.3) is 0 Å². The minimum Gasteiger partial charge on any atom is -0.439 e. The summed E-state index contributed by atoms with van der Waals surface area (Å²) in [5, 5.41) is 15.5. The first-order valence-electron chi connectivity index (χ1n) is 12.2. The fourth-order valence-corrected chi connectivity index (χ4v) is 3.78. The monoisotopic (exact) mass is 465 g/mol. The highest BCUT2D eigenvalue weighted by Gasteiger charge is 2.24. The third-order valence-electron chi connectivity index (χ3n) is 6.02. The number of para-hydroxylation sites is 1. The van der Waals surface area contributed by atoms with Crippen molar-refractivity contribution < 1.29 is 14.6 Å². The normalized spacial score (nSPS) is 13.4. The molecule has 0 unspecified atom stereocenters. The van der Waals surface area contributed by atoms with Gasteiger partial charge >= 0.3 is 0 Å². The van der Waals surface area contributed by atoms with Gasteiger partial charge < -0.3 is 14.6 Å². The van der Waals surface area contributed by atoms with Gasteiger partial charge in [-0.3, -0.25) is 4.90 Å². The number of benzene rings is 2. The second kappa shape index (κ2) is 12.2. The highest BCUT2D eigenvalue weighted by atomic mass is 16.5. The number of aliphatic hydroxyl groups is 1. The number of aryl methyl sites for hydroxylation is 2. The molecule has 0 spiro atoms. The number of rotatable bonds is 12. The first-order chi connectivity index (χ1) is 16.3. The zero-order valence-corrected chi connectivity index (χ0v) is 21.4. The number of nitrogens with zero attached hydrogens (tertiary/aromatic N) is 3. The zero-order valence-electron chi connectivity index (χ0n) is 21.4. The maximum absolute atomic E-state index is 10.7. The van der Waals surface area contributed by atoms with Crippen molar-refractivity contribution in [1.29, 1.82) is 0 Å². The fourth-order valence-electron chi connectivity index (χ4n) is 3.78. The van der Waals surface area contributed by atoms with Gasteiger partial charge in [-0.05, 0) is 65.3 Å². The number of ether oxygens (including phenoxy) is 2. The summed E-state index contributed by atoms with van der Waals surface area (Å²) >= 11 is 0. The predicted molar refractivity (Wildman–Crippen MR) is 137 cm³/mol. The molecule has 1 N–H and O–H groups in total. The van der Waals surface area contributed by atoms with E-state index in [0.717, 1.165) is 29.1 Å². The molecular formula is C28H39N3O3. The van der Waals surface area contributed by atoms with Crippen LogP contribution in [0.1, 0.15) is 50.9 Å². The van der Waals surface area contributed by atoms with Crippen LogP contribution >= 0.6 is 0 Å². The Morgan fingerprint density at radius 1 is 1.00 bits per heavy atom. The molecule has 2 aromatic carbocycles. The van der Waals surface area contributed by atoms with Gasteiger partial charge in [0.2, 0.25) is 5.88 Å². The van der Waals surface area contributed by atoms with Crippen molar-refractivity contribution in [1.82, 2.24) is 14.7 Å². The van der Waals surface area contributed by atoms with Crippen LogP contribution in [-0.4, -0.2) is 51.2 Å². The summed E-state index contributed by atoms with van der Waals surface area (Å²) in [6.45, 7) is 13.8. The lowest BCUT2D eigenvalue weighted by Crippen LogP contribution is -2.40. The third-order valence-corrected chi connectivity index (χ3v) is 6.02. The predicted octanol–water partition coefficient (Wildman–Crippen LogP) is 5.67. The van der Waals surface area contributed by atoms with Gasteiger partial charge in [0, 0.05) is 19.1 Å². The van der Waals surface area contributed by atoms with E-state index >= 15 is 0 Å². The largest absolute Gasteiger partial charge is 0.439 e. The Balaban J connectivity index is 1.95. The molecule has 184 valence electrons. The molecule has 0 aliphatic rings. The number of hydrogen-bond acceptors (Lipinski definition) is 5. The lowest BCUT2D eigenvalue weighted by Gasteiger charge is -2.30. The number of aromatic nitrogens is 2. The molecule has 0 bridgehead atoms. The molecule has 0 radical (unpaired) electrons. The van der Waals surface area contributed by atoms with E-state index < -0.39 is 6.10 Å². The highest BCUT2D eigenvalue weighted by Crippen LogP contribution is 2.32. The van der Waals surface area contributed by atoms with Crippen molar-refractivity contribution in [2.24, 2.45) is 0 Å². The van der Waals surface area contributed by atoms with Gasteiger partial charge in [-0.2, -0.15) is 5.10 Å². The molecule has 3 rings (SSSR count). The maximum atomic E-state index is 10.7. The topological polar surface area (TPSA) is 59.8 Å². The molecule has 34 heavy (non-hydrogen) atoms. The van der Waals surface area contributed by atoms with Gasteiger partial charge in [-0.25, -0.2) is 4.68 Å². The van der Waals surface area contributed by atoms with Crippen LogP contribution in [0.15, 0.2) is 54.6 Å². The summed E-state index contributed by atoms with van der Waals surface area (Å²) in [5.41, 5.74) is 4.05. The van der Waals surface area contributed by atoms with Gasteiger partial charge in [0.1, 0.15) is 5.75 Å². The Morgan fingerprint density at radius 2 is 1.68 bits per heavy atom. The molecule has 0 amide bonds. The van der Waals surface area contributed by atoms with Crippen LogP contribution in [0.25, 0.3) is 5.69 Å². The summed E-state index contributed by atoms with van der Waals surface area (Å²) in [6, 6.07) is 18.4. The average Bonchev–Trinajstić information content (AvgIpc) is 3.13. The van der Waals surface area contributed by atoms with Crippen molar-refractivity contribution in [2.75, 3.05) is 13.2 Å². The molecule has 2 atom stereocenters. The molecule has 0 aliphatic carbocycles. The lowest BCUT2D eigenvalue weighted by molar-refractivity contribution is -0.0150. The SMILES string of the molecule is CC[C@@H](C)N(Cc1c(C)nn(-c2ccccc2)c1Oc1ccc(C)cc1)C[C@@H](O)COC(C)C. The first-order valence-corrected chi connectivity index (χ1v) is 12.2. The molecule has 0 saturated carbocycles. The van der Waals surface area contributed by atoms with Crippen LogP contribution in [0, 0.1) is 13.8 Å². The Bertz CT molecular complexity index is 1020. The Hall–Kier alpha value is -2.67. The molecule has 6 nitrogen and oxygen atoms in total. The van der Waals surface area contributed by atoms with Crippen LogP contribution in [0.3, 0.4) is 0 Å². The molecule has 1 aromatic heterocycles. The minimum atomic E-state index is -0.567. The molecule has 3 aromatic rings. The van der Waals surface area contributed by atoms with Gasteiger partial charge in [0.15, 0.2) is 0 Å². The molecular weight excluding hydrogens is 426 g/mol. The van der Waals surface area contributed by atoms with Crippen molar-refractivity contribution in [3.63, 3.8) is 0 Å². The van der Waals surface area contributed by atoms with Crippen molar-refractivity contribution >= 4 is 0 Å². The molecule has 0 fully saturated rings. The summed E-state index contributed by atoms with van der Waals surface area (Å²) < 4.78 is 14.0. The van der Waals surface area contributed by atoms with Crippen molar-refractivity contribution in [3.05, 3.63) is 71.4 Å². The fraction of sp³-hybridized carbons (Fsp3) is 0.464. The number of hydrogen-bond donors (Lipinski definition) is 1. The van der Waals surface area contributed by atoms with Crippen LogP contribution in [-0.2, 0) is 11.3 Å². The number of aliphatic hydroxyl groups excluding tert-OH is 1. The lowest BCUT2D eigenvalue weighted by atomic mass is 10.1. The minimum absolute atomic E-state index is 0.0903. The standard InChI is InChI=1S/C28H39N3O3/c1-7-22(5)30(17-25(32)19-33-20(2)3)18-27-23(6)29-31(24-11-9-8-10-12-24)28(27)34-26-15-13-21(4)14-16-26/h8-16,20,22,25,32H,7,17-19H2,1-6H3/t22-,25-/m1/s1. The van der Waals surface area contributed by atoms with E-state index in [9.17, 15) is 5.11 Å². The zero-order chi connectivity index (χ0) is 24.7. The average molecular weight is 466 g/mol. The maximum Gasteiger partial charge on any atom is 0.227 e. The van der Waals surface area contributed by atoms with Gasteiger partial charge in [0.05, 0.1) is 35.8 Å². The van der Waals surface area contributed by atoms with Crippen LogP contribution in [0.4, 0.5) is 0 Å². The van der Waals surface area contributed by atoms with E-state index in [1.165, 1.54) is 5.56 Å². The highest BCUT2D eigenvalue weighted by molar-refractivity contribution is 5.43. The summed E-state index contributed by atoms with van der Waals surface area (Å²) in [4.78, 5) is 2.29. The second-order valence-corrected chi connectivity index (χ2v) is 9.25. The van der Waals surface area contributed by atoms with E-state index in [2.05, 4.69) is 25.7 Å². The summed E-state index contributed by atoms with van der Waals surface area (Å²) in [5.74, 6) is 1.47. The Kier molecular flexibility index (Phi) is 9.28. The smallest absolute Gasteiger partial charge is 0.227 e. The first kappa shape index (κ1) is 25.9. The Morgan fingerprint density at radius 3 is 2.29 bits per heavy atom. The van der Waals surface area contributed by atoms with Gasteiger partial charge in [-0.15, -0.1) is 0 Å². The molecule has 6 heteroatoms. The second-order valence-electron chi connectivity index (χ2n) is 9.25. The van der Waals surface area contributed by atoms with Crippen molar-refractivity contribution in [2.45, 2.75) is 72.8 Å². The van der Waals surface area contributed by atoms with Crippen LogP contribution in [0.5, 0.6) is 11.6 Å². The molecule has 0 saturated heterocycles. The van der Waals surface area contributed by atoms with E-state index in [0.29, 0.717) is 25.6 Å². The third kappa shape index (κ3) is 6.92. The Labute approximate surface area is 204 Å². The van der Waals surface area contributed by atoms with E-state index in [-0.39, 0.29) is 12.1 Å². The molecule has 0 aliphatic heterocycles. The van der Waals surface area contributed by atoms with E-state index in [1.54, 1.807) is 0 Å². The van der Waals surface area contributed by atoms with Crippen molar-refractivity contribution in [3.8, 4) is 17.3 Å². The van der Waals surface area contributed by atoms with E-state index in [4.69, 9.17) is 14.6 Å². The summed E-state index contributed by atoms with van der Waals surface area (Å²) in [7, 11) is 0. The quantitative estimate of drug-likeness (QED) is 0.374. The van der Waals surface area contributed by atoms with E-state index in [1.807, 2.05) is 80.1 Å². The van der Waals surface area contributed by atoms with Gasteiger partial charge in [-0.1, -0.05) is 42.8 Å². The van der Waals surface area contributed by atoms with Crippen LogP contribution < -0.4 is 4.74 Å². The summed E-state index contributed by atoms with van der Waals surface area (Å²) in [6.07, 6.45) is 0.493.